The molecule has 6 aliphatic heterocycles. The van der Waals surface area contributed by atoms with Gasteiger partial charge in [0, 0.05) is 23.7 Å². The van der Waals surface area contributed by atoms with E-state index in [9.17, 15) is 64.0 Å². The summed E-state index contributed by atoms with van der Waals surface area (Å²) in [6, 6.07) is 6.89. The van der Waals surface area contributed by atoms with Crippen molar-refractivity contribution in [1.82, 2.24) is 52.2 Å². The number of aliphatic hydroxyl groups is 8. The van der Waals surface area contributed by atoms with Gasteiger partial charge in [0.1, 0.15) is 102 Å². The molecule has 8 amide bonds. The first kappa shape index (κ1) is 82.4. The Balaban J connectivity index is 0.942. The number of hydrogen-bond donors (Lipinski definition) is 18. The lowest BCUT2D eigenvalue weighted by molar-refractivity contribution is -0.277. The number of benzene rings is 6. The normalized spacial score (nSPS) is 28.7. The van der Waals surface area contributed by atoms with Gasteiger partial charge in [0.25, 0.3) is 10.0 Å². The third kappa shape index (κ3) is 16.7. The second-order valence-electron chi connectivity index (χ2n) is 31.6. The number of carbonyl (C=O) groups excluding carboxylic acids is 8. The maximum Gasteiger partial charge on any atom is 0.264 e. The number of ether oxygens (including phenoxy) is 5. The number of rotatable bonds is 18. The molecule has 6 aromatic rings. The van der Waals surface area contributed by atoms with Gasteiger partial charge in [-0.15, -0.1) is 0 Å². The molecule has 4 saturated carbocycles. The first-order chi connectivity index (χ1) is 55.1. The van der Waals surface area contributed by atoms with Crippen LogP contribution in [0.15, 0.2) is 114 Å². The number of phenols is 1. The summed E-state index contributed by atoms with van der Waals surface area (Å²) in [5, 5.41) is 127. The maximum absolute atomic E-state index is 16.4. The van der Waals surface area contributed by atoms with Crippen LogP contribution in [0.25, 0.3) is 11.1 Å². The third-order valence-corrected chi connectivity index (χ3v) is 24.5. The van der Waals surface area contributed by atoms with Crippen molar-refractivity contribution in [3.63, 3.8) is 0 Å². The van der Waals surface area contributed by atoms with Crippen LogP contribution in [0.3, 0.4) is 0 Å². The van der Waals surface area contributed by atoms with Crippen LogP contribution < -0.4 is 66.2 Å². The summed E-state index contributed by atoms with van der Waals surface area (Å²) in [6.07, 6.45) is -10.8. The summed E-state index contributed by atoms with van der Waals surface area (Å²) in [4.78, 5) is 125. The maximum atomic E-state index is 16.4. The highest BCUT2D eigenvalue weighted by Gasteiger charge is 2.52. The van der Waals surface area contributed by atoms with Gasteiger partial charge in [-0.3, -0.25) is 38.4 Å². The zero-order valence-electron chi connectivity index (χ0n) is 63.4. The molecule has 0 radical (unpaired) electrons. The summed E-state index contributed by atoms with van der Waals surface area (Å²) in [5.41, 5.74) is -2.06. The lowest BCUT2D eigenvalue weighted by atomic mass is 9.54. The average Bonchev–Trinajstić information content (AvgIpc) is 1.55. The number of amides is 8. The molecular weight excluding hydrogens is 1550 g/mol. The first-order valence-electron chi connectivity index (χ1n) is 38.1. The Labute approximate surface area is 670 Å². The fraction of sp³-hybridized carbons (Fsp3) is 0.450. The lowest BCUT2D eigenvalue weighted by Crippen LogP contribution is -2.60. The topological polar surface area (TPSA) is 510 Å². The fourth-order valence-corrected chi connectivity index (χ4v) is 18.4. The van der Waals surface area contributed by atoms with E-state index in [0.717, 1.165) is 74.6 Å². The molecule has 5 aliphatic carbocycles. The highest BCUT2D eigenvalue weighted by molar-refractivity contribution is 7.90. The summed E-state index contributed by atoms with van der Waals surface area (Å²) in [6.45, 7) is 3.38. The Kier molecular flexibility index (Phi) is 23.5. The molecule has 0 unspecified atom stereocenters. The van der Waals surface area contributed by atoms with E-state index in [1.807, 2.05) is 37.6 Å². The van der Waals surface area contributed by atoms with E-state index in [1.54, 1.807) is 0 Å². The van der Waals surface area contributed by atoms with E-state index in [2.05, 4.69) is 42.5 Å². The summed E-state index contributed by atoms with van der Waals surface area (Å²) < 4.78 is 61.4. The molecule has 116 heavy (non-hydrogen) atoms. The van der Waals surface area contributed by atoms with Gasteiger partial charge < -0.3 is 117 Å². The van der Waals surface area contributed by atoms with Crippen molar-refractivity contribution in [3.05, 3.63) is 153 Å². The van der Waals surface area contributed by atoms with Crippen molar-refractivity contribution < 1.29 is 116 Å². The van der Waals surface area contributed by atoms with Crippen molar-refractivity contribution >= 4 is 68.9 Å². The Morgan fingerprint density at radius 1 is 0.672 bits per heavy atom. The quantitative estimate of drug-likeness (QED) is 0.0536. The van der Waals surface area contributed by atoms with Gasteiger partial charge in [0.15, 0.2) is 11.5 Å². The molecule has 5 fully saturated rings. The number of nitrogens with one attached hydrogen (secondary N) is 9. The van der Waals surface area contributed by atoms with Gasteiger partial charge >= 0.3 is 0 Å². The van der Waals surface area contributed by atoms with Gasteiger partial charge in [0.05, 0.1) is 29.0 Å². The zero-order valence-corrected chi connectivity index (χ0v) is 65.0. The summed E-state index contributed by atoms with van der Waals surface area (Å²) in [5.74, 6) is -14.7. The van der Waals surface area contributed by atoms with E-state index in [0.29, 0.717) is 18.4 Å². The Hall–Kier alpha value is -10.1. The number of aliphatic hydroxyl groups excluding tert-OH is 6. The molecule has 36 heteroatoms. The Morgan fingerprint density at radius 3 is 1.97 bits per heavy atom. The molecular formula is C80H91ClN10O24S. The van der Waals surface area contributed by atoms with E-state index in [1.165, 1.54) is 73.8 Å². The molecule has 11 aliphatic rings. The largest absolute Gasteiger partial charge is 0.508 e. The number of carbonyl (C=O) groups is 8. The van der Waals surface area contributed by atoms with Gasteiger partial charge in [-0.1, -0.05) is 55.8 Å². The number of likely N-dealkylation sites (N-methyl/N-ethyl adjacent to an activating group) is 2. The molecule has 15 bridgehead atoms. The second-order valence-corrected chi connectivity index (χ2v) is 33.7. The van der Waals surface area contributed by atoms with Crippen LogP contribution in [0.4, 0.5) is 0 Å². The molecule has 6 heterocycles. The predicted octanol–water partition coefficient (Wildman–Crippen LogP) is 1.12. The fourth-order valence-electron chi connectivity index (χ4n) is 17.2. The van der Waals surface area contributed by atoms with Crippen molar-refractivity contribution in [2.75, 3.05) is 40.9 Å². The SMILES string of the molecule is CN[C@H](CC(C)C)C(=O)N[C@H]1C(=O)N[C@@H](CC(=O)NS(=O)(=O)c2ccc(OCCN(C)C)cc2)C(=O)N[C@H]2C(=O)N[C@H]3C(=O)N[C@H](C(=O)N[C@H](C(=O)NC4C5CC6CC(C5)CC4C6)c4cc(O)cc5c4-c4cc3ccc4C5(O)O)[C@H](O)c3ccc(cc3)Oc3cc2cc(c3O[C@@H]2O[C@H](CO)[C@@H](O)[C@H](O)[C@H]2O)Oc2ccc(cc2Cl)[C@H]1O. The van der Waals surface area contributed by atoms with Gasteiger partial charge in [0.2, 0.25) is 65.1 Å². The predicted molar refractivity (Wildman–Crippen MR) is 408 cm³/mol. The van der Waals surface area contributed by atoms with Crippen LogP contribution in [-0.2, 0) is 58.9 Å². The van der Waals surface area contributed by atoms with Gasteiger partial charge in [-0.25, -0.2) is 13.1 Å². The van der Waals surface area contributed by atoms with Crippen LogP contribution in [0.2, 0.25) is 5.02 Å². The van der Waals surface area contributed by atoms with Crippen molar-refractivity contribution in [2.24, 2.45) is 29.6 Å². The smallest absolute Gasteiger partial charge is 0.264 e. The number of fused-ring (bicyclic) bond motifs is 12. The van der Waals surface area contributed by atoms with Gasteiger partial charge in [-0.05, 0) is 207 Å². The number of aromatic hydroxyl groups is 1. The molecule has 34 nitrogen and oxygen atoms in total. The summed E-state index contributed by atoms with van der Waals surface area (Å²) >= 11 is 7.09. The Morgan fingerprint density at radius 2 is 1.32 bits per heavy atom. The van der Waals surface area contributed by atoms with Crippen LogP contribution >= 0.6 is 11.6 Å². The van der Waals surface area contributed by atoms with E-state index >= 15 is 28.8 Å². The number of hydrogen-bond acceptors (Lipinski definition) is 26. The minimum absolute atomic E-state index is 0.0828. The third-order valence-electron chi connectivity index (χ3n) is 22.8. The molecule has 17 rings (SSSR count). The van der Waals surface area contributed by atoms with Crippen LogP contribution in [0.5, 0.6) is 40.2 Å². The Bertz CT molecular complexity index is 4930. The molecule has 6 aromatic carbocycles. The van der Waals surface area contributed by atoms with Gasteiger partial charge in [-0.2, -0.15) is 0 Å². The molecule has 618 valence electrons. The van der Waals surface area contributed by atoms with E-state index < -0.39 is 195 Å². The first-order valence-corrected chi connectivity index (χ1v) is 40.0. The van der Waals surface area contributed by atoms with Crippen molar-refractivity contribution in [3.8, 4) is 51.4 Å². The number of nitrogens with zero attached hydrogens (tertiary/aromatic N) is 1. The monoisotopic (exact) mass is 1640 g/mol. The highest BCUT2D eigenvalue weighted by Crippen LogP contribution is 2.56. The van der Waals surface area contributed by atoms with E-state index in [-0.39, 0.29) is 104 Å². The standard InChI is InChI=1S/C80H91ClN10O24S/c1-34(2)20-52(82-3)72(100)88-65-67(96)39-9-17-54(51(81)27-39)113-56-29-42-28-55(71(56)115-79-70(99)69(98)68(97)57(33-92)114-79)112-45-10-6-37(7-11-45)66(95)64-78(106)87-63(76(104)84-60-40-22-35-21-36(24-40)25-41(60)23-35)48-30-43(93)31-50-59(48)47-26-38(8-16-49(47)80(50,107)108)61(74(102)89-64)86-75(103)62(42)85-73(101)53(83-77(65)105)32-58(94)90-116(109,110)46-14-12-44(13-15-46)111-19-18-91(4)5/h6-17,26-31,34-36,40-41,52-53,57,60-70,79,82,92-93,95-99,107-108H,18-25,32-33H2,1-5H3,(H,83,105)(H,84,104)(H,85,101)(H,86,103)(H,87,106)(H,88,100)(H,89,102)(H,90,94)/t35?,36?,40?,41?,52-,53+,57-,60?,61-,62-,63+,64+,65-,66-,67-,68-,69+,70-,79+/m1/s1. The second kappa shape index (κ2) is 33.1. The molecule has 0 aromatic heterocycles. The molecule has 14 atom stereocenters. The minimum Gasteiger partial charge on any atom is -0.508 e. The molecule has 1 saturated heterocycles. The molecule has 18 N–H and O–H groups in total. The van der Waals surface area contributed by atoms with E-state index in [4.69, 9.17) is 35.3 Å². The summed E-state index contributed by atoms with van der Waals surface area (Å²) in [7, 11) is 0.208. The number of phenolic OH excluding ortho intramolecular Hbond substituents is 1. The average molecular weight is 1640 g/mol. The van der Waals surface area contributed by atoms with Crippen molar-refractivity contribution in [2.45, 2.75) is 161 Å². The minimum atomic E-state index is -4.89. The van der Waals surface area contributed by atoms with Crippen LogP contribution in [-0.4, -0.2) is 208 Å². The number of sulfonamides is 1. The number of halogens is 1. The highest BCUT2D eigenvalue weighted by atomic mass is 35.5. The van der Waals surface area contributed by atoms with Crippen LogP contribution in [0.1, 0.15) is 128 Å². The lowest BCUT2D eigenvalue weighted by Gasteiger charge is -2.54. The zero-order chi connectivity index (χ0) is 82.8. The van der Waals surface area contributed by atoms with Crippen molar-refractivity contribution in [1.29, 1.82) is 0 Å². The van der Waals surface area contributed by atoms with Crippen LogP contribution in [0, 0.1) is 29.6 Å². The molecule has 0 spiro atoms.